The molecule has 0 unspecified atom stereocenters. The minimum absolute atomic E-state index is 0.0165. The Bertz CT molecular complexity index is 587. The maximum Gasteiger partial charge on any atom is 0.425 e. The average Bonchev–Trinajstić information content (AvgIpc) is 2.54. The quantitative estimate of drug-likeness (QED) is 0.804. The minimum atomic E-state index is -0.827. The van der Waals surface area contributed by atoms with Gasteiger partial charge in [-0.1, -0.05) is 42.5 Å². The third-order valence-corrected chi connectivity index (χ3v) is 2.65. The summed E-state index contributed by atoms with van der Waals surface area (Å²) < 4.78 is 10.3. The number of benzene rings is 2. The molecule has 0 spiro atoms. The third-order valence-electron chi connectivity index (χ3n) is 2.65. The van der Waals surface area contributed by atoms with Crippen LogP contribution in [0.3, 0.4) is 0 Å². The van der Waals surface area contributed by atoms with Gasteiger partial charge in [0.25, 0.3) is 0 Å². The van der Waals surface area contributed by atoms with E-state index in [9.17, 15) is 9.59 Å². The number of ether oxygens (including phenoxy) is 2. The molecule has 0 aliphatic heterocycles. The first kappa shape index (κ1) is 15.3. The van der Waals surface area contributed by atoms with E-state index in [1.807, 2.05) is 0 Å². The molecule has 0 aromatic heterocycles. The lowest BCUT2D eigenvalue weighted by molar-refractivity contribution is 0.135. The molecule has 5 nitrogen and oxygen atoms in total. The smallest absolute Gasteiger partial charge is 0.410 e. The van der Waals surface area contributed by atoms with Gasteiger partial charge in [0.2, 0.25) is 0 Å². The number of amides is 2. The van der Waals surface area contributed by atoms with E-state index in [0.29, 0.717) is 11.5 Å². The maximum absolute atomic E-state index is 12.1. The van der Waals surface area contributed by atoms with Crippen LogP contribution in [0.25, 0.3) is 0 Å². The van der Waals surface area contributed by atoms with E-state index < -0.39 is 12.2 Å². The van der Waals surface area contributed by atoms with Crippen molar-refractivity contribution < 1.29 is 19.1 Å². The van der Waals surface area contributed by atoms with E-state index in [2.05, 4.69) is 6.58 Å². The molecule has 0 heterocycles. The van der Waals surface area contributed by atoms with Crippen LogP contribution in [0.1, 0.15) is 0 Å². The predicted octanol–water partition coefficient (Wildman–Crippen LogP) is 3.87. The van der Waals surface area contributed by atoms with Crippen molar-refractivity contribution in [3.05, 3.63) is 73.3 Å². The molecule has 2 rings (SSSR count). The van der Waals surface area contributed by atoms with E-state index in [-0.39, 0.29) is 6.54 Å². The van der Waals surface area contributed by atoms with Gasteiger partial charge in [-0.15, -0.1) is 6.58 Å². The molecule has 0 saturated heterocycles. The Labute approximate surface area is 128 Å². The summed E-state index contributed by atoms with van der Waals surface area (Å²) in [7, 11) is 0. The highest BCUT2D eigenvalue weighted by atomic mass is 16.6. The summed E-state index contributed by atoms with van der Waals surface area (Å²) in [4.78, 5) is 25.0. The van der Waals surface area contributed by atoms with Gasteiger partial charge >= 0.3 is 12.2 Å². The van der Waals surface area contributed by atoms with Crippen LogP contribution in [-0.2, 0) is 0 Å². The van der Waals surface area contributed by atoms with Crippen molar-refractivity contribution >= 4 is 12.2 Å². The van der Waals surface area contributed by atoms with Crippen LogP contribution >= 0.6 is 0 Å². The first-order valence-electron chi connectivity index (χ1n) is 6.63. The molecule has 0 fully saturated rings. The fourth-order valence-electron chi connectivity index (χ4n) is 1.64. The number of rotatable bonds is 4. The molecule has 2 aromatic carbocycles. The zero-order valence-corrected chi connectivity index (χ0v) is 11.8. The summed E-state index contributed by atoms with van der Waals surface area (Å²) >= 11 is 0. The number of carbonyl (C=O) groups excluding carboxylic acids is 2. The van der Waals surface area contributed by atoms with Gasteiger partial charge in [0.1, 0.15) is 11.5 Å². The number of carbonyl (C=O) groups is 2. The molecular formula is C17H15NO4. The monoisotopic (exact) mass is 297 g/mol. The second-order valence-corrected chi connectivity index (χ2v) is 4.26. The van der Waals surface area contributed by atoms with Gasteiger partial charge in [-0.3, -0.25) is 0 Å². The molecule has 22 heavy (non-hydrogen) atoms. The SMILES string of the molecule is C=CCN(C(=O)Oc1ccccc1)C(=O)Oc1ccccc1. The Hall–Kier alpha value is -3.08. The number of hydrogen-bond donors (Lipinski definition) is 0. The lowest BCUT2D eigenvalue weighted by Gasteiger charge is -2.18. The zero-order chi connectivity index (χ0) is 15.8. The van der Waals surface area contributed by atoms with Gasteiger partial charge in [0, 0.05) is 0 Å². The van der Waals surface area contributed by atoms with Crippen molar-refractivity contribution in [3.63, 3.8) is 0 Å². The van der Waals surface area contributed by atoms with Crippen LogP contribution in [0.15, 0.2) is 73.3 Å². The van der Waals surface area contributed by atoms with Gasteiger partial charge in [-0.2, -0.15) is 0 Å². The maximum atomic E-state index is 12.1. The van der Waals surface area contributed by atoms with E-state index in [4.69, 9.17) is 9.47 Å². The summed E-state index contributed by atoms with van der Waals surface area (Å²) in [6, 6.07) is 17.0. The van der Waals surface area contributed by atoms with Crippen molar-refractivity contribution in [2.75, 3.05) is 6.54 Å². The standard InChI is InChI=1S/C17H15NO4/c1-2-13-18(16(19)21-14-9-5-3-6-10-14)17(20)22-15-11-7-4-8-12-15/h2-12H,1,13H2. The third kappa shape index (κ3) is 4.21. The van der Waals surface area contributed by atoms with Gasteiger partial charge in [-0.05, 0) is 24.3 Å². The van der Waals surface area contributed by atoms with Crippen molar-refractivity contribution in [2.24, 2.45) is 0 Å². The van der Waals surface area contributed by atoms with E-state index >= 15 is 0 Å². The van der Waals surface area contributed by atoms with E-state index in [1.165, 1.54) is 6.08 Å². The number of hydrogen-bond acceptors (Lipinski definition) is 4. The van der Waals surface area contributed by atoms with Crippen LogP contribution in [0, 0.1) is 0 Å². The fraction of sp³-hybridized carbons (Fsp3) is 0.0588. The highest BCUT2D eigenvalue weighted by Gasteiger charge is 2.24. The molecule has 0 atom stereocenters. The van der Waals surface area contributed by atoms with Gasteiger partial charge in [-0.25, -0.2) is 14.5 Å². The Morgan fingerprint density at radius 2 is 1.27 bits per heavy atom. The Morgan fingerprint density at radius 1 is 0.864 bits per heavy atom. The second kappa shape index (κ2) is 7.64. The van der Waals surface area contributed by atoms with Gasteiger partial charge in [0.15, 0.2) is 0 Å². The summed E-state index contributed by atoms with van der Waals surface area (Å²) in [5.74, 6) is 0.683. The lowest BCUT2D eigenvalue weighted by atomic mass is 10.3. The molecule has 0 saturated carbocycles. The summed E-state index contributed by atoms with van der Waals surface area (Å²) in [5, 5.41) is 0. The first-order valence-corrected chi connectivity index (χ1v) is 6.63. The molecule has 2 aromatic rings. The van der Waals surface area contributed by atoms with E-state index in [1.54, 1.807) is 60.7 Å². The Kier molecular flexibility index (Phi) is 5.31. The normalized spacial score (nSPS) is 9.64. The molecule has 0 aliphatic rings. The van der Waals surface area contributed by atoms with Crippen LogP contribution in [0.4, 0.5) is 9.59 Å². The molecule has 0 bridgehead atoms. The van der Waals surface area contributed by atoms with Crippen LogP contribution < -0.4 is 9.47 Å². The Balaban J connectivity index is 2.06. The Morgan fingerprint density at radius 3 is 1.64 bits per heavy atom. The van der Waals surface area contributed by atoms with Crippen LogP contribution in [0.5, 0.6) is 11.5 Å². The summed E-state index contributed by atoms with van der Waals surface area (Å²) in [6.45, 7) is 3.51. The number of imide groups is 1. The lowest BCUT2D eigenvalue weighted by Crippen LogP contribution is -2.40. The highest BCUT2D eigenvalue weighted by Crippen LogP contribution is 2.13. The molecule has 0 radical (unpaired) electrons. The molecule has 0 N–H and O–H groups in total. The molecular weight excluding hydrogens is 282 g/mol. The fourth-order valence-corrected chi connectivity index (χ4v) is 1.64. The van der Waals surface area contributed by atoms with Crippen molar-refractivity contribution in [3.8, 4) is 11.5 Å². The van der Waals surface area contributed by atoms with Crippen LogP contribution in [0.2, 0.25) is 0 Å². The van der Waals surface area contributed by atoms with Crippen molar-refractivity contribution in [1.29, 1.82) is 0 Å². The largest absolute Gasteiger partial charge is 0.425 e. The van der Waals surface area contributed by atoms with Crippen molar-refractivity contribution in [1.82, 2.24) is 4.90 Å². The molecule has 0 aliphatic carbocycles. The highest BCUT2D eigenvalue weighted by molar-refractivity contribution is 5.90. The van der Waals surface area contributed by atoms with Crippen LogP contribution in [-0.4, -0.2) is 23.6 Å². The number of para-hydroxylation sites is 2. The second-order valence-electron chi connectivity index (χ2n) is 4.26. The molecule has 2 amide bonds. The van der Waals surface area contributed by atoms with Gasteiger partial charge in [0.05, 0.1) is 6.54 Å². The average molecular weight is 297 g/mol. The summed E-state index contributed by atoms with van der Waals surface area (Å²) in [5.41, 5.74) is 0. The minimum Gasteiger partial charge on any atom is -0.410 e. The van der Waals surface area contributed by atoms with Crippen molar-refractivity contribution in [2.45, 2.75) is 0 Å². The number of nitrogens with zero attached hydrogens (tertiary/aromatic N) is 1. The zero-order valence-electron chi connectivity index (χ0n) is 11.8. The first-order chi connectivity index (χ1) is 10.7. The van der Waals surface area contributed by atoms with Gasteiger partial charge < -0.3 is 9.47 Å². The molecule has 5 heteroatoms. The van der Waals surface area contributed by atoms with E-state index in [0.717, 1.165) is 4.90 Å². The topological polar surface area (TPSA) is 55.8 Å². The molecule has 112 valence electrons. The predicted molar refractivity (Wildman–Crippen MR) is 81.8 cm³/mol. The summed E-state index contributed by atoms with van der Waals surface area (Å²) in [6.07, 6.45) is -0.238.